The number of carbonyl (C=O) groups excluding carboxylic acids is 1. The molecule has 1 amide bonds. The molecule has 2 N–H and O–H groups in total. The van der Waals surface area contributed by atoms with Crippen LogP contribution in [0, 0.1) is 0 Å². The molecule has 4 heterocycles. The number of hydrogen-bond donors (Lipinski definition) is 2. The van der Waals surface area contributed by atoms with Crippen molar-refractivity contribution < 1.29 is 4.79 Å². The molecule has 2 aromatic carbocycles. The molecule has 0 aliphatic carbocycles. The van der Waals surface area contributed by atoms with Gasteiger partial charge in [0.1, 0.15) is 5.69 Å². The Morgan fingerprint density at radius 1 is 0.969 bits per heavy atom. The Kier molecular flexibility index (Phi) is 4.35. The maximum atomic E-state index is 13.5. The molecule has 1 unspecified atom stereocenters. The molecule has 32 heavy (non-hydrogen) atoms. The summed E-state index contributed by atoms with van der Waals surface area (Å²) in [5.74, 6) is -0.0247. The van der Waals surface area contributed by atoms with Crippen molar-refractivity contribution in [3.63, 3.8) is 0 Å². The minimum atomic E-state index is -0.231. The molecule has 6 nitrogen and oxygen atoms in total. The van der Waals surface area contributed by atoms with Crippen molar-refractivity contribution in [1.29, 1.82) is 0 Å². The zero-order valence-electron chi connectivity index (χ0n) is 17.3. The summed E-state index contributed by atoms with van der Waals surface area (Å²) in [5, 5.41) is 8.74. The van der Waals surface area contributed by atoms with Gasteiger partial charge in [0.05, 0.1) is 11.7 Å². The standard InChI is InChI=1S/C26H21N5O/c32-26-24-22(23(29-30-24)17-7-2-1-3-8-17)25(19-9-6-13-27-15-19)31(26)14-12-18-16-28-21-11-5-4-10-20(18)21/h1-11,13,15-16,25,28H,12,14H2,(H,29,30). The molecule has 156 valence electrons. The summed E-state index contributed by atoms with van der Waals surface area (Å²) in [7, 11) is 0. The Hall–Kier alpha value is -4.19. The van der Waals surface area contributed by atoms with Crippen molar-refractivity contribution in [3.8, 4) is 11.3 Å². The van der Waals surface area contributed by atoms with E-state index in [1.165, 1.54) is 10.9 Å². The van der Waals surface area contributed by atoms with E-state index < -0.39 is 0 Å². The Balaban J connectivity index is 1.40. The number of hydrogen-bond acceptors (Lipinski definition) is 3. The first kappa shape index (κ1) is 18.6. The first-order valence-corrected chi connectivity index (χ1v) is 10.7. The first-order chi connectivity index (χ1) is 15.8. The third-order valence-corrected chi connectivity index (χ3v) is 6.21. The number of benzene rings is 2. The highest BCUT2D eigenvalue weighted by Gasteiger charge is 2.42. The van der Waals surface area contributed by atoms with Crippen LogP contribution < -0.4 is 0 Å². The molecular weight excluding hydrogens is 398 g/mol. The number of aromatic nitrogens is 4. The highest BCUT2D eigenvalue weighted by atomic mass is 16.2. The molecule has 0 saturated heterocycles. The number of carbonyl (C=O) groups is 1. The second-order valence-electron chi connectivity index (χ2n) is 8.02. The summed E-state index contributed by atoms with van der Waals surface area (Å²) in [6, 6.07) is 22.0. The molecule has 0 spiro atoms. The van der Waals surface area contributed by atoms with E-state index in [9.17, 15) is 4.79 Å². The van der Waals surface area contributed by atoms with Crippen LogP contribution in [0.15, 0.2) is 85.3 Å². The lowest BCUT2D eigenvalue weighted by Gasteiger charge is -2.26. The topological polar surface area (TPSA) is 77.7 Å². The van der Waals surface area contributed by atoms with E-state index in [1.807, 2.05) is 71.9 Å². The predicted molar refractivity (Wildman–Crippen MR) is 123 cm³/mol. The zero-order valence-corrected chi connectivity index (χ0v) is 17.3. The predicted octanol–water partition coefficient (Wildman–Crippen LogP) is 4.74. The lowest BCUT2D eigenvalue weighted by atomic mass is 9.97. The first-order valence-electron chi connectivity index (χ1n) is 10.7. The fourth-order valence-electron chi connectivity index (χ4n) is 4.71. The second-order valence-corrected chi connectivity index (χ2v) is 8.02. The quantitative estimate of drug-likeness (QED) is 0.432. The number of aromatic amines is 2. The Morgan fingerprint density at radius 2 is 1.81 bits per heavy atom. The molecule has 0 radical (unpaired) electrons. The van der Waals surface area contributed by atoms with Crippen LogP contribution in [0.1, 0.15) is 33.2 Å². The number of amides is 1. The van der Waals surface area contributed by atoms with E-state index in [-0.39, 0.29) is 11.9 Å². The third-order valence-electron chi connectivity index (χ3n) is 6.21. The molecule has 1 aliphatic rings. The summed E-state index contributed by atoms with van der Waals surface area (Å²) in [4.78, 5) is 23.1. The third kappa shape index (κ3) is 2.92. The van der Waals surface area contributed by atoms with Crippen LogP contribution in [-0.2, 0) is 6.42 Å². The van der Waals surface area contributed by atoms with Gasteiger partial charge in [-0.1, -0.05) is 54.6 Å². The monoisotopic (exact) mass is 419 g/mol. The van der Waals surface area contributed by atoms with E-state index in [1.54, 1.807) is 6.20 Å². The van der Waals surface area contributed by atoms with Gasteiger partial charge in [-0.3, -0.25) is 14.9 Å². The molecule has 6 rings (SSSR count). The number of nitrogens with zero attached hydrogens (tertiary/aromatic N) is 3. The van der Waals surface area contributed by atoms with E-state index in [0.29, 0.717) is 12.2 Å². The van der Waals surface area contributed by atoms with Gasteiger partial charge in [0.15, 0.2) is 0 Å². The van der Waals surface area contributed by atoms with Crippen LogP contribution in [0.5, 0.6) is 0 Å². The number of fused-ring (bicyclic) bond motifs is 2. The van der Waals surface area contributed by atoms with Gasteiger partial charge in [-0.05, 0) is 29.7 Å². The van der Waals surface area contributed by atoms with Crippen LogP contribution >= 0.6 is 0 Å². The van der Waals surface area contributed by atoms with Crippen molar-refractivity contribution in [3.05, 3.63) is 108 Å². The maximum Gasteiger partial charge on any atom is 0.273 e. The lowest BCUT2D eigenvalue weighted by molar-refractivity contribution is 0.0746. The Labute approximate surface area is 184 Å². The molecule has 3 aromatic heterocycles. The molecule has 1 atom stereocenters. The summed E-state index contributed by atoms with van der Waals surface area (Å²) >= 11 is 0. The van der Waals surface area contributed by atoms with Crippen molar-refractivity contribution in [2.24, 2.45) is 0 Å². The summed E-state index contributed by atoms with van der Waals surface area (Å²) in [6.45, 7) is 0.594. The number of H-pyrrole nitrogens is 2. The van der Waals surface area contributed by atoms with Crippen molar-refractivity contribution in [1.82, 2.24) is 25.1 Å². The van der Waals surface area contributed by atoms with Gasteiger partial charge >= 0.3 is 0 Å². The molecular formula is C26H21N5O. The van der Waals surface area contributed by atoms with Crippen LogP contribution in [0.3, 0.4) is 0 Å². The summed E-state index contributed by atoms with van der Waals surface area (Å²) in [6.07, 6.45) is 6.39. The summed E-state index contributed by atoms with van der Waals surface area (Å²) in [5.41, 5.74) is 6.60. The Bertz CT molecular complexity index is 1400. The summed E-state index contributed by atoms with van der Waals surface area (Å²) < 4.78 is 0. The van der Waals surface area contributed by atoms with Crippen LogP contribution in [0.4, 0.5) is 0 Å². The van der Waals surface area contributed by atoms with Crippen molar-refractivity contribution in [2.75, 3.05) is 6.54 Å². The van der Waals surface area contributed by atoms with E-state index in [0.717, 1.165) is 34.3 Å². The number of rotatable bonds is 5. The van der Waals surface area contributed by atoms with Gasteiger partial charge in [-0.2, -0.15) is 5.10 Å². The second kappa shape index (κ2) is 7.50. The number of para-hydroxylation sites is 1. The van der Waals surface area contributed by atoms with Gasteiger partial charge in [-0.15, -0.1) is 0 Å². The van der Waals surface area contributed by atoms with Gasteiger partial charge < -0.3 is 9.88 Å². The molecule has 0 fully saturated rings. The normalized spacial score (nSPS) is 15.4. The van der Waals surface area contributed by atoms with Gasteiger partial charge in [0, 0.05) is 47.2 Å². The average Bonchev–Trinajstić information content (AvgIpc) is 3.53. The fraction of sp³-hybridized carbons (Fsp3) is 0.115. The van der Waals surface area contributed by atoms with Crippen LogP contribution in [-0.4, -0.2) is 37.5 Å². The maximum absolute atomic E-state index is 13.5. The number of pyridine rings is 1. The zero-order chi connectivity index (χ0) is 21.5. The van der Waals surface area contributed by atoms with Gasteiger partial charge in [0.2, 0.25) is 0 Å². The largest absolute Gasteiger partial charge is 0.361 e. The van der Waals surface area contributed by atoms with Crippen molar-refractivity contribution in [2.45, 2.75) is 12.5 Å². The Morgan fingerprint density at radius 3 is 2.66 bits per heavy atom. The fourth-order valence-corrected chi connectivity index (χ4v) is 4.71. The lowest BCUT2D eigenvalue weighted by Crippen LogP contribution is -2.31. The van der Waals surface area contributed by atoms with E-state index in [2.05, 4.69) is 32.3 Å². The minimum absolute atomic E-state index is 0.0247. The average molecular weight is 419 g/mol. The van der Waals surface area contributed by atoms with Crippen LogP contribution in [0.2, 0.25) is 0 Å². The van der Waals surface area contributed by atoms with E-state index in [4.69, 9.17) is 0 Å². The SMILES string of the molecule is O=C1c2[nH]nc(-c3ccccc3)c2C(c2cccnc2)N1CCc1c[nH]c2ccccc12. The van der Waals surface area contributed by atoms with Gasteiger partial charge in [-0.25, -0.2) is 0 Å². The smallest absolute Gasteiger partial charge is 0.273 e. The highest BCUT2D eigenvalue weighted by Crippen LogP contribution is 2.42. The molecule has 1 aliphatic heterocycles. The minimum Gasteiger partial charge on any atom is -0.361 e. The number of nitrogens with one attached hydrogen (secondary N) is 2. The van der Waals surface area contributed by atoms with Crippen LogP contribution in [0.25, 0.3) is 22.2 Å². The molecule has 0 saturated carbocycles. The van der Waals surface area contributed by atoms with Gasteiger partial charge in [0.25, 0.3) is 5.91 Å². The molecule has 0 bridgehead atoms. The van der Waals surface area contributed by atoms with E-state index >= 15 is 0 Å². The van der Waals surface area contributed by atoms with Crippen molar-refractivity contribution >= 4 is 16.8 Å². The molecule has 6 heteroatoms. The highest BCUT2D eigenvalue weighted by molar-refractivity contribution is 6.00. The molecule has 5 aromatic rings.